The molecule has 1 heterocycles. The number of hydrogen-bond donors (Lipinski definition) is 0. The number of carbonyl (C=O) groups is 2. The van der Waals surface area contributed by atoms with Gasteiger partial charge >= 0.3 is 95.3 Å². The van der Waals surface area contributed by atoms with E-state index in [1.54, 1.807) is 0 Å². The van der Waals surface area contributed by atoms with Crippen LogP contribution in [0.2, 0.25) is 0 Å². The number of likely N-dealkylation sites (N-methyl/N-ethyl adjacent to an activating group) is 1. The fraction of sp³-hybridized carbons (Fsp3) is 0.0909. The summed E-state index contributed by atoms with van der Waals surface area (Å²) in [5.74, 6) is -0.472. The molecule has 0 N–H and O–H groups in total. The van der Waals surface area contributed by atoms with Gasteiger partial charge in [-0.3, -0.25) is 0 Å². The number of rotatable bonds is 1. The molecule has 0 saturated heterocycles. The fourth-order valence-electron chi connectivity index (χ4n) is 1.49. The number of amides is 2. The molecule has 3 nitrogen and oxygen atoms in total. The van der Waals surface area contributed by atoms with Crippen molar-refractivity contribution in [1.82, 2.24) is 4.90 Å². The van der Waals surface area contributed by atoms with Gasteiger partial charge in [0, 0.05) is 0 Å². The van der Waals surface area contributed by atoms with Crippen molar-refractivity contribution in [3.05, 3.63) is 40.4 Å². The molecule has 1 aromatic rings. The Labute approximate surface area is 95.6 Å². The van der Waals surface area contributed by atoms with Crippen LogP contribution in [0.5, 0.6) is 0 Å². The number of imide groups is 1. The molecule has 76 valence electrons. The molecule has 0 spiro atoms. The third-order valence-electron chi connectivity index (χ3n) is 2.32. The molecule has 4 heteroatoms. The van der Waals surface area contributed by atoms with Gasteiger partial charge in [-0.1, -0.05) is 0 Å². The van der Waals surface area contributed by atoms with Crippen molar-refractivity contribution >= 4 is 33.4 Å². The Kier molecular flexibility index (Phi) is 2.47. The van der Waals surface area contributed by atoms with Gasteiger partial charge in [0.15, 0.2) is 0 Å². The second kappa shape index (κ2) is 3.65. The maximum absolute atomic E-state index is 11.8. The Hall–Kier alpha value is -1.38. The standard InChI is InChI=1S/C11H9NO2Se/c1-12-10(13)8(9(15)11(12)14)7-5-3-2-4-6-7/h2-6,15H,1H3. The summed E-state index contributed by atoms with van der Waals surface area (Å²) in [6.45, 7) is 0. The summed E-state index contributed by atoms with van der Waals surface area (Å²) < 4.78 is 0.459. The van der Waals surface area contributed by atoms with E-state index < -0.39 is 0 Å². The predicted octanol–water partition coefficient (Wildman–Crippen LogP) is 0.297. The van der Waals surface area contributed by atoms with Crippen LogP contribution in [0.3, 0.4) is 0 Å². The average molecular weight is 266 g/mol. The van der Waals surface area contributed by atoms with Gasteiger partial charge in [-0.25, -0.2) is 0 Å². The molecule has 0 saturated carbocycles. The van der Waals surface area contributed by atoms with E-state index >= 15 is 0 Å². The van der Waals surface area contributed by atoms with Gasteiger partial charge in [0.05, 0.1) is 0 Å². The Morgan fingerprint density at radius 3 is 2.13 bits per heavy atom. The molecule has 0 unspecified atom stereocenters. The SMILES string of the molecule is CN1C(=O)C([SeH])=C(c2ccccc2)C1=O. The van der Waals surface area contributed by atoms with Gasteiger partial charge in [0.2, 0.25) is 0 Å². The molecule has 0 radical (unpaired) electrons. The fourth-order valence-corrected chi connectivity index (χ4v) is 2.28. The first-order valence-electron chi connectivity index (χ1n) is 4.44. The first kappa shape index (κ1) is 10.1. The number of benzene rings is 1. The second-order valence-corrected chi connectivity index (χ2v) is 4.20. The van der Waals surface area contributed by atoms with Crippen LogP contribution >= 0.6 is 0 Å². The van der Waals surface area contributed by atoms with Crippen LogP contribution in [0.1, 0.15) is 5.56 Å². The van der Waals surface area contributed by atoms with E-state index in [9.17, 15) is 9.59 Å². The Balaban J connectivity index is 2.55. The monoisotopic (exact) mass is 267 g/mol. The number of nitrogens with zero attached hydrogens (tertiary/aromatic N) is 1. The summed E-state index contributed by atoms with van der Waals surface area (Å²) >= 11 is 2.18. The maximum atomic E-state index is 11.8. The summed E-state index contributed by atoms with van der Waals surface area (Å²) in [5, 5.41) is 0. The quantitative estimate of drug-likeness (QED) is 0.541. The zero-order valence-electron chi connectivity index (χ0n) is 8.10. The Morgan fingerprint density at radius 1 is 1.07 bits per heavy atom. The third kappa shape index (κ3) is 1.52. The van der Waals surface area contributed by atoms with Crippen molar-refractivity contribution in [3.8, 4) is 0 Å². The van der Waals surface area contributed by atoms with E-state index in [2.05, 4.69) is 16.0 Å². The first-order chi connectivity index (χ1) is 7.13. The summed E-state index contributed by atoms with van der Waals surface area (Å²) in [5.41, 5.74) is 1.28. The topological polar surface area (TPSA) is 37.4 Å². The van der Waals surface area contributed by atoms with E-state index in [-0.39, 0.29) is 11.8 Å². The van der Waals surface area contributed by atoms with Crippen LogP contribution in [-0.2, 0) is 9.59 Å². The molecule has 1 aliphatic rings. The van der Waals surface area contributed by atoms with Gasteiger partial charge in [-0.15, -0.1) is 0 Å². The number of hydrogen-bond acceptors (Lipinski definition) is 2. The zero-order valence-corrected chi connectivity index (χ0v) is 9.97. The molecular formula is C11H9NO2Se. The Bertz CT molecular complexity index is 465. The first-order valence-corrected chi connectivity index (χ1v) is 5.38. The Morgan fingerprint density at radius 2 is 1.67 bits per heavy atom. The minimum atomic E-state index is -0.237. The van der Waals surface area contributed by atoms with Crippen molar-refractivity contribution < 1.29 is 9.59 Å². The van der Waals surface area contributed by atoms with Crippen LogP contribution < -0.4 is 0 Å². The van der Waals surface area contributed by atoms with Crippen LogP contribution in [0.15, 0.2) is 34.8 Å². The van der Waals surface area contributed by atoms with Crippen molar-refractivity contribution in [2.24, 2.45) is 0 Å². The molecular weight excluding hydrogens is 257 g/mol. The van der Waals surface area contributed by atoms with Crippen LogP contribution in [0.4, 0.5) is 0 Å². The van der Waals surface area contributed by atoms with Gasteiger partial charge in [-0.05, 0) is 0 Å². The summed E-state index contributed by atoms with van der Waals surface area (Å²) in [4.78, 5) is 24.4. The van der Waals surface area contributed by atoms with Crippen molar-refractivity contribution in [2.45, 2.75) is 0 Å². The normalized spacial score (nSPS) is 16.5. The molecule has 2 rings (SSSR count). The van der Waals surface area contributed by atoms with Crippen molar-refractivity contribution in [1.29, 1.82) is 0 Å². The van der Waals surface area contributed by atoms with Crippen LogP contribution in [-0.4, -0.2) is 39.8 Å². The molecule has 0 aromatic heterocycles. The summed E-state index contributed by atoms with van der Waals surface area (Å²) in [6.07, 6.45) is 0. The van der Waals surface area contributed by atoms with Crippen molar-refractivity contribution in [2.75, 3.05) is 7.05 Å². The van der Waals surface area contributed by atoms with Crippen LogP contribution in [0, 0.1) is 0 Å². The average Bonchev–Trinajstić information content (AvgIpc) is 2.45. The van der Waals surface area contributed by atoms with Gasteiger partial charge in [0.1, 0.15) is 0 Å². The van der Waals surface area contributed by atoms with E-state index in [1.807, 2.05) is 30.3 Å². The van der Waals surface area contributed by atoms with E-state index in [0.717, 1.165) is 10.5 Å². The molecule has 1 aromatic carbocycles. The molecule has 2 amide bonds. The minimum absolute atomic E-state index is 0.234. The molecule has 0 bridgehead atoms. The molecule has 0 atom stereocenters. The van der Waals surface area contributed by atoms with E-state index in [4.69, 9.17) is 0 Å². The van der Waals surface area contributed by atoms with E-state index in [0.29, 0.717) is 10.0 Å². The van der Waals surface area contributed by atoms with Gasteiger partial charge in [0.25, 0.3) is 0 Å². The molecule has 1 aliphatic heterocycles. The summed E-state index contributed by atoms with van der Waals surface area (Å²) in [6, 6.07) is 9.22. The van der Waals surface area contributed by atoms with Crippen LogP contribution in [0.25, 0.3) is 5.57 Å². The van der Waals surface area contributed by atoms with Gasteiger partial charge < -0.3 is 0 Å². The van der Waals surface area contributed by atoms with Crippen molar-refractivity contribution in [3.63, 3.8) is 0 Å². The van der Waals surface area contributed by atoms with E-state index in [1.165, 1.54) is 7.05 Å². The predicted molar refractivity (Wildman–Crippen MR) is 58.3 cm³/mol. The third-order valence-corrected chi connectivity index (χ3v) is 3.20. The van der Waals surface area contributed by atoms with Gasteiger partial charge in [-0.2, -0.15) is 0 Å². The number of carbonyl (C=O) groups excluding carboxylic acids is 2. The molecule has 0 aliphatic carbocycles. The zero-order chi connectivity index (χ0) is 11.0. The summed E-state index contributed by atoms with van der Waals surface area (Å²) in [7, 11) is 1.49. The molecule has 15 heavy (non-hydrogen) atoms. The second-order valence-electron chi connectivity index (χ2n) is 3.26. The molecule has 0 fully saturated rings.